The van der Waals surface area contributed by atoms with E-state index in [2.05, 4.69) is 13.2 Å². The first-order chi connectivity index (χ1) is 10.6. The monoisotopic (exact) mass is 306 g/mol. The van der Waals surface area contributed by atoms with Crippen molar-refractivity contribution in [2.75, 3.05) is 20.3 Å². The van der Waals surface area contributed by atoms with E-state index in [0.29, 0.717) is 61.7 Å². The number of Topliss-reactive ketones (excluding diaryl/α,β-unsaturated/α-hetero) is 1. The van der Waals surface area contributed by atoms with Crippen molar-refractivity contribution >= 4 is 5.78 Å². The second-order valence-corrected chi connectivity index (χ2v) is 5.24. The maximum Gasteiger partial charge on any atom is 0.204 e. The molecule has 1 heterocycles. The van der Waals surface area contributed by atoms with Crippen LogP contribution in [0.15, 0.2) is 25.3 Å². The fraction of sp³-hybridized carbons (Fsp3) is 0.471. The van der Waals surface area contributed by atoms with Crippen molar-refractivity contribution in [3.05, 3.63) is 30.9 Å². The third kappa shape index (κ3) is 2.95. The van der Waals surface area contributed by atoms with E-state index in [-0.39, 0.29) is 5.78 Å². The van der Waals surface area contributed by atoms with Crippen LogP contribution in [0.25, 0.3) is 0 Å². The molecule has 1 fully saturated rings. The van der Waals surface area contributed by atoms with Gasteiger partial charge in [0.05, 0.1) is 12.7 Å². The Morgan fingerprint density at radius 3 is 2.32 bits per heavy atom. The largest absolute Gasteiger partial charge is 0.493 e. The Bertz CT molecular complexity index is 542. The molecule has 0 spiro atoms. The minimum Gasteiger partial charge on any atom is -0.493 e. The molecule has 120 valence electrons. The highest BCUT2D eigenvalue weighted by Crippen LogP contribution is 2.48. The van der Waals surface area contributed by atoms with Crippen LogP contribution in [-0.4, -0.2) is 31.2 Å². The Labute approximate surface area is 130 Å². The van der Waals surface area contributed by atoms with E-state index in [1.54, 1.807) is 13.2 Å². The van der Waals surface area contributed by atoms with Gasteiger partial charge >= 0.3 is 0 Å². The van der Waals surface area contributed by atoms with Crippen molar-refractivity contribution in [2.45, 2.75) is 31.3 Å². The van der Waals surface area contributed by atoms with Crippen LogP contribution in [0.2, 0.25) is 0 Å². The standard InChI is InChI=1S/C15H18O5.C2H4/c1-18-12-3-2-11(13-14(12)20-9-8-19-13)15(17)6-4-10(16)5-7-15;1-2/h2-3,17H,4-9H2,1H3;1-2H2. The van der Waals surface area contributed by atoms with Crippen molar-refractivity contribution in [1.29, 1.82) is 0 Å². The van der Waals surface area contributed by atoms with Crippen molar-refractivity contribution in [3.63, 3.8) is 0 Å². The van der Waals surface area contributed by atoms with Crippen LogP contribution >= 0.6 is 0 Å². The molecule has 5 heteroatoms. The van der Waals surface area contributed by atoms with Crippen LogP contribution in [0.3, 0.4) is 0 Å². The molecule has 0 amide bonds. The number of hydrogen-bond donors (Lipinski definition) is 1. The van der Waals surface area contributed by atoms with Gasteiger partial charge in [-0.25, -0.2) is 0 Å². The third-order valence-electron chi connectivity index (χ3n) is 4.01. The molecule has 22 heavy (non-hydrogen) atoms. The number of carbonyl (C=O) groups excluding carboxylic acids is 1. The average molecular weight is 306 g/mol. The summed E-state index contributed by atoms with van der Waals surface area (Å²) in [7, 11) is 1.57. The van der Waals surface area contributed by atoms with E-state index < -0.39 is 5.60 Å². The first-order valence-corrected chi connectivity index (χ1v) is 7.35. The van der Waals surface area contributed by atoms with E-state index in [0.717, 1.165) is 0 Å². The molecule has 1 saturated carbocycles. The summed E-state index contributed by atoms with van der Waals surface area (Å²) in [5.41, 5.74) is -0.328. The van der Waals surface area contributed by atoms with Crippen LogP contribution in [0.1, 0.15) is 31.2 Å². The van der Waals surface area contributed by atoms with Gasteiger partial charge in [-0.15, -0.1) is 13.2 Å². The van der Waals surface area contributed by atoms with Gasteiger partial charge in [0.1, 0.15) is 19.0 Å². The normalized spacial score (nSPS) is 18.9. The van der Waals surface area contributed by atoms with Crippen LogP contribution in [0.5, 0.6) is 17.2 Å². The summed E-state index contributed by atoms with van der Waals surface area (Å²) in [4.78, 5) is 11.4. The van der Waals surface area contributed by atoms with Gasteiger partial charge in [0, 0.05) is 18.4 Å². The van der Waals surface area contributed by atoms with Gasteiger partial charge in [-0.2, -0.15) is 0 Å². The van der Waals surface area contributed by atoms with Gasteiger partial charge < -0.3 is 19.3 Å². The molecule has 1 aliphatic carbocycles. The number of rotatable bonds is 2. The zero-order chi connectivity index (χ0) is 16.2. The summed E-state index contributed by atoms with van der Waals surface area (Å²) in [5.74, 6) is 1.89. The summed E-state index contributed by atoms with van der Waals surface area (Å²) < 4.78 is 16.6. The first kappa shape index (κ1) is 16.4. The number of ketones is 1. The topological polar surface area (TPSA) is 65.0 Å². The molecule has 5 nitrogen and oxygen atoms in total. The van der Waals surface area contributed by atoms with E-state index in [1.165, 1.54) is 0 Å². The predicted molar refractivity (Wildman–Crippen MR) is 82.6 cm³/mol. The molecule has 0 bridgehead atoms. The van der Waals surface area contributed by atoms with Gasteiger partial charge in [-0.3, -0.25) is 4.79 Å². The van der Waals surface area contributed by atoms with E-state index in [9.17, 15) is 9.90 Å². The molecule has 0 radical (unpaired) electrons. The summed E-state index contributed by atoms with van der Waals surface area (Å²) in [6.07, 6.45) is 1.65. The van der Waals surface area contributed by atoms with Crippen molar-refractivity contribution in [1.82, 2.24) is 0 Å². The first-order valence-electron chi connectivity index (χ1n) is 7.35. The molecule has 0 atom stereocenters. The zero-order valence-electron chi connectivity index (χ0n) is 12.9. The van der Waals surface area contributed by atoms with Crippen molar-refractivity contribution in [3.8, 4) is 17.2 Å². The minimum atomic E-state index is -1.02. The second-order valence-electron chi connectivity index (χ2n) is 5.24. The van der Waals surface area contributed by atoms with E-state index in [4.69, 9.17) is 14.2 Å². The zero-order valence-corrected chi connectivity index (χ0v) is 12.9. The van der Waals surface area contributed by atoms with Crippen molar-refractivity contribution in [2.24, 2.45) is 0 Å². The molecule has 1 N–H and O–H groups in total. The minimum absolute atomic E-state index is 0.203. The molecule has 1 aromatic rings. The van der Waals surface area contributed by atoms with Gasteiger partial charge in [0.2, 0.25) is 5.75 Å². The molecule has 2 aliphatic rings. The molecule has 0 aromatic heterocycles. The van der Waals surface area contributed by atoms with E-state index >= 15 is 0 Å². The Hall–Kier alpha value is -2.01. The van der Waals surface area contributed by atoms with Crippen LogP contribution in [0.4, 0.5) is 0 Å². The molecule has 0 unspecified atom stereocenters. The van der Waals surface area contributed by atoms with Crippen LogP contribution in [0, 0.1) is 0 Å². The molecular formula is C17H22O5. The number of ether oxygens (including phenoxy) is 3. The second kappa shape index (κ2) is 6.83. The van der Waals surface area contributed by atoms with E-state index in [1.807, 2.05) is 6.07 Å². The lowest BCUT2D eigenvalue weighted by Crippen LogP contribution is -2.33. The van der Waals surface area contributed by atoms with Crippen molar-refractivity contribution < 1.29 is 24.1 Å². The predicted octanol–water partition coefficient (Wildman–Crippen LogP) is 2.60. The van der Waals surface area contributed by atoms with Gasteiger partial charge in [0.15, 0.2) is 11.5 Å². The maximum absolute atomic E-state index is 11.4. The average Bonchev–Trinajstić information content (AvgIpc) is 2.58. The summed E-state index contributed by atoms with van der Waals surface area (Å²) in [5, 5.41) is 10.9. The number of hydrogen-bond acceptors (Lipinski definition) is 5. The Balaban J connectivity index is 0.000000847. The fourth-order valence-electron chi connectivity index (χ4n) is 2.85. The van der Waals surface area contributed by atoms with Crippen LogP contribution < -0.4 is 14.2 Å². The molecular weight excluding hydrogens is 284 g/mol. The lowest BCUT2D eigenvalue weighted by molar-refractivity contribution is -0.125. The van der Waals surface area contributed by atoms with Gasteiger partial charge in [0.25, 0.3) is 0 Å². The molecule has 3 rings (SSSR count). The highest BCUT2D eigenvalue weighted by atomic mass is 16.6. The number of carbonyl (C=O) groups is 1. The third-order valence-corrected chi connectivity index (χ3v) is 4.01. The lowest BCUT2D eigenvalue weighted by atomic mass is 9.78. The number of benzene rings is 1. The van der Waals surface area contributed by atoms with Crippen LogP contribution in [-0.2, 0) is 10.4 Å². The number of aliphatic hydroxyl groups is 1. The fourth-order valence-corrected chi connectivity index (χ4v) is 2.85. The Morgan fingerprint density at radius 1 is 1.14 bits per heavy atom. The molecule has 1 aliphatic heterocycles. The highest BCUT2D eigenvalue weighted by Gasteiger charge is 2.38. The summed E-state index contributed by atoms with van der Waals surface area (Å²) >= 11 is 0. The highest BCUT2D eigenvalue weighted by molar-refractivity contribution is 5.79. The Morgan fingerprint density at radius 2 is 1.73 bits per heavy atom. The maximum atomic E-state index is 11.4. The van der Waals surface area contributed by atoms with Gasteiger partial charge in [-0.05, 0) is 25.0 Å². The quantitative estimate of drug-likeness (QED) is 0.851. The molecule has 0 saturated heterocycles. The number of methoxy groups -OCH3 is 1. The SMILES string of the molecule is C=C.COc1ccc(C2(O)CCC(=O)CC2)c2c1OCCO2. The Kier molecular flexibility index (Phi) is 5.08. The van der Waals surface area contributed by atoms with Gasteiger partial charge in [-0.1, -0.05) is 0 Å². The lowest BCUT2D eigenvalue weighted by Gasteiger charge is -2.35. The smallest absolute Gasteiger partial charge is 0.204 e. The number of fused-ring (bicyclic) bond motifs is 1. The summed E-state index contributed by atoms with van der Waals surface area (Å²) in [6, 6.07) is 3.58. The summed E-state index contributed by atoms with van der Waals surface area (Å²) in [6.45, 7) is 6.91. The molecule has 1 aromatic carbocycles.